The summed E-state index contributed by atoms with van der Waals surface area (Å²) >= 11 is 0. The van der Waals surface area contributed by atoms with E-state index in [0.29, 0.717) is 17.8 Å². The number of ether oxygens (including phenoxy) is 1. The molecule has 3 rings (SSSR count). The predicted molar refractivity (Wildman–Crippen MR) is 108 cm³/mol. The summed E-state index contributed by atoms with van der Waals surface area (Å²) in [6.45, 7) is 9.22. The molecule has 0 fully saturated rings. The van der Waals surface area contributed by atoms with Crippen molar-refractivity contribution in [3.63, 3.8) is 0 Å². The Balaban J connectivity index is 2.14. The van der Waals surface area contributed by atoms with E-state index in [0.717, 1.165) is 22.6 Å². The van der Waals surface area contributed by atoms with E-state index < -0.39 is 5.97 Å². The SMILES string of the molecule is C=CCc1c(-c2ccccc2)nc(COC(=O)C(=C)C)n1-c1ccccc1. The Hall–Kier alpha value is -3.40. The van der Waals surface area contributed by atoms with Crippen LogP contribution in [-0.4, -0.2) is 15.5 Å². The second-order valence-corrected chi connectivity index (χ2v) is 6.21. The number of aromatic nitrogens is 2. The zero-order valence-corrected chi connectivity index (χ0v) is 15.4. The van der Waals surface area contributed by atoms with Crippen LogP contribution in [0.5, 0.6) is 0 Å². The highest BCUT2D eigenvalue weighted by atomic mass is 16.5. The first kappa shape index (κ1) is 18.4. The first-order valence-electron chi connectivity index (χ1n) is 8.76. The number of hydrogen-bond acceptors (Lipinski definition) is 3. The maximum absolute atomic E-state index is 11.9. The molecule has 0 spiro atoms. The second-order valence-electron chi connectivity index (χ2n) is 6.21. The summed E-state index contributed by atoms with van der Waals surface area (Å²) in [5.41, 5.74) is 4.20. The molecule has 0 N–H and O–H groups in total. The zero-order chi connectivity index (χ0) is 19.2. The molecule has 0 saturated carbocycles. The van der Waals surface area contributed by atoms with Gasteiger partial charge in [0.15, 0.2) is 5.82 Å². The number of imidazole rings is 1. The van der Waals surface area contributed by atoms with E-state index in [4.69, 9.17) is 9.72 Å². The van der Waals surface area contributed by atoms with Crippen LogP contribution in [0.2, 0.25) is 0 Å². The van der Waals surface area contributed by atoms with Crippen molar-refractivity contribution < 1.29 is 9.53 Å². The summed E-state index contributed by atoms with van der Waals surface area (Å²) in [6.07, 6.45) is 2.49. The number of allylic oxidation sites excluding steroid dienone is 1. The predicted octanol–water partition coefficient (Wildman–Crippen LogP) is 4.89. The van der Waals surface area contributed by atoms with Gasteiger partial charge in [-0.3, -0.25) is 4.57 Å². The van der Waals surface area contributed by atoms with Crippen LogP contribution >= 0.6 is 0 Å². The van der Waals surface area contributed by atoms with Crippen molar-refractivity contribution >= 4 is 5.97 Å². The van der Waals surface area contributed by atoms with Crippen molar-refractivity contribution in [2.75, 3.05) is 0 Å². The molecule has 0 aliphatic heterocycles. The van der Waals surface area contributed by atoms with Gasteiger partial charge >= 0.3 is 5.97 Å². The summed E-state index contributed by atoms with van der Waals surface area (Å²) in [5.74, 6) is 0.232. The summed E-state index contributed by atoms with van der Waals surface area (Å²) in [5, 5.41) is 0. The third kappa shape index (κ3) is 4.06. The van der Waals surface area contributed by atoms with Gasteiger partial charge in [0.05, 0.1) is 11.4 Å². The molecule has 0 aliphatic carbocycles. The molecule has 1 aromatic heterocycles. The van der Waals surface area contributed by atoms with Crippen LogP contribution in [0.1, 0.15) is 18.4 Å². The Morgan fingerprint density at radius 2 is 1.74 bits per heavy atom. The van der Waals surface area contributed by atoms with Gasteiger partial charge in [-0.05, 0) is 19.1 Å². The molecular weight excluding hydrogens is 336 g/mol. The molecule has 0 radical (unpaired) electrons. The molecule has 0 aliphatic rings. The van der Waals surface area contributed by atoms with Crippen LogP contribution in [0.4, 0.5) is 0 Å². The molecule has 2 aromatic carbocycles. The lowest BCUT2D eigenvalue weighted by atomic mass is 10.1. The summed E-state index contributed by atoms with van der Waals surface area (Å²) in [4.78, 5) is 16.7. The summed E-state index contributed by atoms with van der Waals surface area (Å²) in [7, 11) is 0. The number of hydrogen-bond donors (Lipinski definition) is 0. The van der Waals surface area contributed by atoms with E-state index in [9.17, 15) is 4.79 Å². The Morgan fingerprint density at radius 3 is 2.33 bits per heavy atom. The van der Waals surface area contributed by atoms with Gasteiger partial charge < -0.3 is 4.74 Å². The number of carbonyl (C=O) groups excluding carboxylic acids is 1. The summed E-state index contributed by atoms with van der Waals surface area (Å²) in [6, 6.07) is 19.9. The molecule has 27 heavy (non-hydrogen) atoms. The standard InChI is InChI=1S/C23H22N2O2/c1-4-11-20-22(18-12-7-5-8-13-18)24-21(16-27-23(26)17(2)3)25(20)19-14-9-6-10-15-19/h4-10,12-15H,1-2,11,16H2,3H3. The minimum atomic E-state index is -0.427. The lowest BCUT2D eigenvalue weighted by Crippen LogP contribution is -2.10. The van der Waals surface area contributed by atoms with Crippen molar-refractivity contribution in [3.8, 4) is 16.9 Å². The Morgan fingerprint density at radius 1 is 1.11 bits per heavy atom. The number of para-hydroxylation sites is 1. The van der Waals surface area contributed by atoms with Gasteiger partial charge in [-0.15, -0.1) is 6.58 Å². The number of benzene rings is 2. The maximum Gasteiger partial charge on any atom is 0.333 e. The van der Waals surface area contributed by atoms with Gasteiger partial charge in [-0.2, -0.15) is 0 Å². The average molecular weight is 358 g/mol. The van der Waals surface area contributed by atoms with E-state index >= 15 is 0 Å². The number of esters is 1. The topological polar surface area (TPSA) is 44.1 Å². The minimum absolute atomic E-state index is 0.0670. The zero-order valence-electron chi connectivity index (χ0n) is 15.4. The third-order valence-electron chi connectivity index (χ3n) is 4.12. The van der Waals surface area contributed by atoms with Gasteiger partial charge in [0.1, 0.15) is 6.61 Å². The van der Waals surface area contributed by atoms with Crippen LogP contribution in [0.3, 0.4) is 0 Å². The molecule has 136 valence electrons. The fraction of sp³-hybridized carbons (Fsp3) is 0.130. The Bertz CT molecular complexity index is 957. The van der Waals surface area contributed by atoms with Crippen LogP contribution in [0.25, 0.3) is 16.9 Å². The van der Waals surface area contributed by atoms with E-state index in [-0.39, 0.29) is 6.61 Å². The number of carbonyl (C=O) groups is 1. The monoisotopic (exact) mass is 358 g/mol. The second kappa shape index (κ2) is 8.32. The van der Waals surface area contributed by atoms with Crippen molar-refractivity contribution in [3.05, 3.63) is 97.0 Å². The van der Waals surface area contributed by atoms with Crippen molar-refractivity contribution in [2.24, 2.45) is 0 Å². The molecule has 0 unspecified atom stereocenters. The van der Waals surface area contributed by atoms with E-state index in [1.165, 1.54) is 0 Å². The van der Waals surface area contributed by atoms with Crippen LogP contribution in [0, 0.1) is 0 Å². The summed E-state index contributed by atoms with van der Waals surface area (Å²) < 4.78 is 7.42. The molecule has 0 bridgehead atoms. The molecule has 4 heteroatoms. The molecule has 1 heterocycles. The number of rotatable bonds is 7. The van der Waals surface area contributed by atoms with Gasteiger partial charge in [-0.1, -0.05) is 61.2 Å². The van der Waals surface area contributed by atoms with Gasteiger partial charge in [0, 0.05) is 23.2 Å². The fourth-order valence-electron chi connectivity index (χ4n) is 2.89. The maximum atomic E-state index is 11.9. The lowest BCUT2D eigenvalue weighted by Gasteiger charge is -2.12. The van der Waals surface area contributed by atoms with Gasteiger partial charge in [0.25, 0.3) is 0 Å². The lowest BCUT2D eigenvalue weighted by molar-refractivity contribution is -0.140. The molecule has 0 amide bonds. The Kier molecular flexibility index (Phi) is 5.67. The van der Waals surface area contributed by atoms with Crippen LogP contribution < -0.4 is 0 Å². The highest BCUT2D eigenvalue weighted by molar-refractivity contribution is 5.86. The minimum Gasteiger partial charge on any atom is -0.454 e. The van der Waals surface area contributed by atoms with Crippen LogP contribution in [-0.2, 0) is 22.6 Å². The average Bonchev–Trinajstić information content (AvgIpc) is 3.06. The highest BCUT2D eigenvalue weighted by Crippen LogP contribution is 2.28. The number of nitrogens with zero attached hydrogens (tertiary/aromatic N) is 2. The van der Waals surface area contributed by atoms with Gasteiger partial charge in [-0.25, -0.2) is 9.78 Å². The van der Waals surface area contributed by atoms with Crippen molar-refractivity contribution in [1.82, 2.24) is 9.55 Å². The van der Waals surface area contributed by atoms with Crippen LogP contribution in [0.15, 0.2) is 85.5 Å². The normalized spacial score (nSPS) is 10.4. The fourth-order valence-corrected chi connectivity index (χ4v) is 2.89. The van der Waals surface area contributed by atoms with E-state index in [2.05, 4.69) is 13.2 Å². The first-order valence-corrected chi connectivity index (χ1v) is 8.76. The molecular formula is C23H22N2O2. The highest BCUT2D eigenvalue weighted by Gasteiger charge is 2.20. The smallest absolute Gasteiger partial charge is 0.333 e. The Labute approximate surface area is 159 Å². The molecule has 0 saturated heterocycles. The third-order valence-corrected chi connectivity index (χ3v) is 4.12. The quantitative estimate of drug-likeness (QED) is 0.343. The largest absolute Gasteiger partial charge is 0.454 e. The molecule has 4 nitrogen and oxygen atoms in total. The first-order chi connectivity index (χ1) is 13.1. The van der Waals surface area contributed by atoms with Crippen molar-refractivity contribution in [1.29, 1.82) is 0 Å². The van der Waals surface area contributed by atoms with E-state index in [1.54, 1.807) is 6.92 Å². The molecule has 3 aromatic rings. The van der Waals surface area contributed by atoms with Gasteiger partial charge in [0.2, 0.25) is 0 Å². The van der Waals surface area contributed by atoms with Crippen molar-refractivity contribution in [2.45, 2.75) is 20.0 Å². The molecule has 0 atom stereocenters. The van der Waals surface area contributed by atoms with E-state index in [1.807, 2.05) is 71.3 Å².